The summed E-state index contributed by atoms with van der Waals surface area (Å²) in [5.41, 5.74) is 4.14. The van der Waals surface area contributed by atoms with Gasteiger partial charge in [0.25, 0.3) is 0 Å². The molecule has 1 saturated carbocycles. The highest BCUT2D eigenvalue weighted by Crippen LogP contribution is 2.53. The third-order valence-electron chi connectivity index (χ3n) is 4.87. The van der Waals surface area contributed by atoms with Crippen LogP contribution >= 0.6 is 15.9 Å². The number of halogens is 1. The molecule has 1 fully saturated rings. The van der Waals surface area contributed by atoms with Crippen molar-refractivity contribution in [2.45, 2.75) is 64.8 Å². The van der Waals surface area contributed by atoms with Crippen LogP contribution < -0.4 is 4.74 Å². The number of ether oxygens (including phenoxy) is 1. The predicted molar refractivity (Wildman–Crippen MR) is 85.4 cm³/mol. The molecule has 2 rings (SSSR count). The third-order valence-corrected chi connectivity index (χ3v) is 6.15. The molecule has 1 nitrogen and oxygen atoms in total. The van der Waals surface area contributed by atoms with E-state index in [0.717, 1.165) is 12.2 Å². The molecular weight excluding hydrogens is 300 g/mol. The van der Waals surface area contributed by atoms with Crippen molar-refractivity contribution in [2.24, 2.45) is 5.41 Å². The lowest BCUT2D eigenvalue weighted by atomic mass is 9.62. The summed E-state index contributed by atoms with van der Waals surface area (Å²) < 4.78 is 6.41. The largest absolute Gasteiger partial charge is 0.489 e. The second-order valence-corrected chi connectivity index (χ2v) is 7.08. The lowest BCUT2D eigenvalue weighted by Gasteiger charge is -2.53. The Morgan fingerprint density at radius 2 is 1.68 bits per heavy atom. The van der Waals surface area contributed by atoms with Crippen LogP contribution in [0.5, 0.6) is 5.75 Å². The summed E-state index contributed by atoms with van der Waals surface area (Å²) in [5, 5.41) is 0. The number of alkyl halides is 1. The van der Waals surface area contributed by atoms with Crippen molar-refractivity contribution in [1.82, 2.24) is 0 Å². The zero-order valence-electron chi connectivity index (χ0n) is 12.7. The Bertz CT molecular complexity index is 439. The molecule has 106 valence electrons. The third kappa shape index (κ3) is 2.44. The molecule has 0 aromatic heterocycles. The van der Waals surface area contributed by atoms with Crippen molar-refractivity contribution < 1.29 is 4.74 Å². The van der Waals surface area contributed by atoms with Crippen molar-refractivity contribution >= 4 is 15.9 Å². The fraction of sp³-hybridized carbons (Fsp3) is 0.647. The van der Waals surface area contributed by atoms with Gasteiger partial charge in [0.15, 0.2) is 0 Å². The maximum absolute atomic E-state index is 6.41. The van der Waals surface area contributed by atoms with E-state index in [2.05, 4.69) is 62.7 Å². The van der Waals surface area contributed by atoms with Crippen LogP contribution in [0.3, 0.4) is 0 Å². The van der Waals surface area contributed by atoms with Gasteiger partial charge in [-0.1, -0.05) is 47.5 Å². The van der Waals surface area contributed by atoms with E-state index in [0.29, 0.717) is 16.3 Å². The highest BCUT2D eigenvalue weighted by molar-refractivity contribution is 9.09. The number of rotatable bonds is 4. The lowest BCUT2D eigenvalue weighted by Crippen LogP contribution is -2.56. The van der Waals surface area contributed by atoms with Gasteiger partial charge >= 0.3 is 0 Å². The van der Waals surface area contributed by atoms with E-state index in [-0.39, 0.29) is 0 Å². The summed E-state index contributed by atoms with van der Waals surface area (Å²) in [6.45, 7) is 11.0. The van der Waals surface area contributed by atoms with Gasteiger partial charge in [0.1, 0.15) is 11.9 Å². The number of aryl methyl sites for hydroxylation is 3. The molecule has 0 bridgehead atoms. The number of hydrogen-bond acceptors (Lipinski definition) is 1. The average Bonchev–Trinajstić information content (AvgIpc) is 2.33. The Labute approximate surface area is 125 Å². The van der Waals surface area contributed by atoms with Crippen LogP contribution in [0.2, 0.25) is 0 Å². The minimum atomic E-state index is 0.309. The molecule has 0 N–H and O–H groups in total. The monoisotopic (exact) mass is 324 g/mol. The summed E-state index contributed by atoms with van der Waals surface area (Å²) in [5.74, 6) is 1.10. The van der Waals surface area contributed by atoms with Gasteiger partial charge in [-0.15, -0.1) is 0 Å². The normalized spacial score (nSPS) is 24.9. The summed E-state index contributed by atoms with van der Waals surface area (Å²) in [6, 6.07) is 4.43. The standard InChI is InChI=1S/C17H25BrO/c1-6-17(7-2)14(18)10-15(17)19-16-12(4)8-11(3)9-13(16)5/h8-9,14-15H,6-7,10H2,1-5H3. The van der Waals surface area contributed by atoms with Crippen molar-refractivity contribution in [2.75, 3.05) is 0 Å². The van der Waals surface area contributed by atoms with E-state index in [1.165, 1.54) is 29.5 Å². The molecule has 0 amide bonds. The van der Waals surface area contributed by atoms with Gasteiger partial charge in [0.05, 0.1) is 0 Å². The van der Waals surface area contributed by atoms with Gasteiger partial charge in [-0.05, 0) is 51.2 Å². The summed E-state index contributed by atoms with van der Waals surface area (Å²) >= 11 is 3.83. The van der Waals surface area contributed by atoms with Gasteiger partial charge in [-0.3, -0.25) is 0 Å². The van der Waals surface area contributed by atoms with Gasteiger partial charge in [-0.25, -0.2) is 0 Å². The van der Waals surface area contributed by atoms with Crippen molar-refractivity contribution in [1.29, 1.82) is 0 Å². The quantitative estimate of drug-likeness (QED) is 0.680. The molecule has 0 saturated heterocycles. The van der Waals surface area contributed by atoms with Crippen molar-refractivity contribution in [3.8, 4) is 5.75 Å². The Morgan fingerprint density at radius 3 is 2.11 bits per heavy atom. The van der Waals surface area contributed by atoms with Crippen LogP contribution in [0.4, 0.5) is 0 Å². The average molecular weight is 325 g/mol. The first-order valence-electron chi connectivity index (χ1n) is 7.33. The fourth-order valence-electron chi connectivity index (χ4n) is 3.51. The van der Waals surface area contributed by atoms with Gasteiger partial charge in [0.2, 0.25) is 0 Å². The molecule has 0 radical (unpaired) electrons. The van der Waals surface area contributed by atoms with Gasteiger partial charge in [-0.2, -0.15) is 0 Å². The maximum atomic E-state index is 6.41. The Kier molecular flexibility index (Phi) is 4.29. The summed E-state index contributed by atoms with van der Waals surface area (Å²) in [6.07, 6.45) is 3.82. The molecule has 2 unspecified atom stereocenters. The second kappa shape index (κ2) is 5.47. The highest BCUT2D eigenvalue weighted by atomic mass is 79.9. The molecule has 0 heterocycles. The zero-order valence-corrected chi connectivity index (χ0v) is 14.3. The Hall–Kier alpha value is -0.500. The lowest BCUT2D eigenvalue weighted by molar-refractivity contribution is -0.0418. The molecule has 1 aromatic carbocycles. The van der Waals surface area contributed by atoms with Crippen molar-refractivity contribution in [3.05, 3.63) is 28.8 Å². The highest BCUT2D eigenvalue weighted by Gasteiger charge is 2.53. The van der Waals surface area contributed by atoms with Crippen molar-refractivity contribution in [3.63, 3.8) is 0 Å². The minimum absolute atomic E-state index is 0.309. The van der Waals surface area contributed by atoms with Crippen LogP contribution in [0.15, 0.2) is 12.1 Å². The van der Waals surface area contributed by atoms with E-state index in [1.807, 2.05) is 0 Å². The molecule has 19 heavy (non-hydrogen) atoms. The second-order valence-electron chi connectivity index (χ2n) is 5.98. The van der Waals surface area contributed by atoms with Crippen LogP contribution in [0, 0.1) is 26.2 Å². The van der Waals surface area contributed by atoms with Crippen LogP contribution in [0.25, 0.3) is 0 Å². The molecule has 2 atom stereocenters. The van der Waals surface area contributed by atoms with E-state index < -0.39 is 0 Å². The van der Waals surface area contributed by atoms with Crippen LogP contribution in [-0.2, 0) is 0 Å². The summed E-state index contributed by atoms with van der Waals surface area (Å²) in [4.78, 5) is 0.603. The summed E-state index contributed by atoms with van der Waals surface area (Å²) in [7, 11) is 0. The Morgan fingerprint density at radius 1 is 1.16 bits per heavy atom. The van der Waals surface area contributed by atoms with E-state index >= 15 is 0 Å². The van der Waals surface area contributed by atoms with Gasteiger partial charge < -0.3 is 4.74 Å². The van der Waals surface area contributed by atoms with Gasteiger partial charge in [0, 0.05) is 10.2 Å². The van der Waals surface area contributed by atoms with E-state index in [4.69, 9.17) is 4.74 Å². The molecule has 2 heteroatoms. The number of hydrogen-bond donors (Lipinski definition) is 0. The first-order chi connectivity index (χ1) is 8.94. The molecule has 0 aliphatic heterocycles. The maximum Gasteiger partial charge on any atom is 0.125 e. The molecular formula is C17H25BrO. The minimum Gasteiger partial charge on any atom is -0.489 e. The Balaban J connectivity index is 2.23. The van der Waals surface area contributed by atoms with Crippen LogP contribution in [-0.4, -0.2) is 10.9 Å². The molecule has 0 spiro atoms. The van der Waals surface area contributed by atoms with E-state index in [9.17, 15) is 0 Å². The molecule has 1 aliphatic carbocycles. The molecule has 1 aliphatic rings. The smallest absolute Gasteiger partial charge is 0.125 e. The first kappa shape index (κ1) is 14.9. The topological polar surface area (TPSA) is 9.23 Å². The fourth-order valence-corrected chi connectivity index (χ4v) is 4.79. The molecule has 1 aromatic rings. The predicted octanol–water partition coefficient (Wildman–Crippen LogP) is 5.33. The zero-order chi connectivity index (χ0) is 14.2. The number of benzene rings is 1. The first-order valence-corrected chi connectivity index (χ1v) is 8.24. The van der Waals surface area contributed by atoms with Crippen LogP contribution in [0.1, 0.15) is 49.8 Å². The SMILES string of the molecule is CCC1(CC)C(Br)CC1Oc1c(C)cc(C)cc1C. The van der Waals surface area contributed by atoms with E-state index in [1.54, 1.807) is 0 Å².